The number of carbonyl (C=O) groups is 1. The smallest absolute Gasteiger partial charge is 0.315 e. The largest absolute Gasteiger partial charge is 0.391 e. The predicted octanol–water partition coefficient (Wildman–Crippen LogP) is 1.79. The van der Waals surface area contributed by atoms with Crippen LogP contribution in [0.1, 0.15) is 52.9 Å². The molecular formula is C15H28N2O3. The fourth-order valence-electron chi connectivity index (χ4n) is 3.37. The molecule has 3 N–H and O–H groups in total. The van der Waals surface area contributed by atoms with E-state index in [1.807, 2.05) is 0 Å². The molecular weight excluding hydrogens is 256 g/mol. The Bertz CT molecular complexity index is 372. The number of aliphatic hydroxyl groups excluding tert-OH is 1. The van der Waals surface area contributed by atoms with Crippen LogP contribution in [0.5, 0.6) is 0 Å². The van der Waals surface area contributed by atoms with Crippen molar-refractivity contribution in [1.29, 1.82) is 0 Å². The summed E-state index contributed by atoms with van der Waals surface area (Å²) in [5.41, 5.74) is -0.278. The summed E-state index contributed by atoms with van der Waals surface area (Å²) in [5.74, 6) is 0. The van der Waals surface area contributed by atoms with Crippen molar-refractivity contribution in [2.75, 3.05) is 7.11 Å². The van der Waals surface area contributed by atoms with Gasteiger partial charge in [0, 0.05) is 18.6 Å². The Kier molecular flexibility index (Phi) is 4.30. The van der Waals surface area contributed by atoms with E-state index in [0.717, 1.165) is 32.1 Å². The van der Waals surface area contributed by atoms with Gasteiger partial charge in [-0.2, -0.15) is 0 Å². The quantitative estimate of drug-likeness (QED) is 0.740. The molecule has 2 amide bonds. The number of hydrogen-bond donors (Lipinski definition) is 3. The SMILES string of the molecule is COC1(C)CC(NC(=O)NC2CCCCC2O)C1(C)C. The summed E-state index contributed by atoms with van der Waals surface area (Å²) < 4.78 is 5.56. The van der Waals surface area contributed by atoms with Gasteiger partial charge in [0.1, 0.15) is 0 Å². The molecule has 0 saturated heterocycles. The molecule has 5 heteroatoms. The number of carbonyl (C=O) groups excluding carboxylic acids is 1. The summed E-state index contributed by atoms with van der Waals surface area (Å²) in [6.07, 6.45) is 4.16. The van der Waals surface area contributed by atoms with E-state index in [2.05, 4.69) is 31.4 Å². The third-order valence-corrected chi connectivity index (χ3v) is 5.63. The molecule has 2 saturated carbocycles. The summed E-state index contributed by atoms with van der Waals surface area (Å²) in [6.45, 7) is 6.30. The highest BCUT2D eigenvalue weighted by molar-refractivity contribution is 5.75. The molecule has 2 aliphatic carbocycles. The normalized spacial score (nSPS) is 39.8. The van der Waals surface area contributed by atoms with Crippen LogP contribution < -0.4 is 10.6 Å². The Morgan fingerprint density at radius 3 is 2.40 bits per heavy atom. The minimum atomic E-state index is -0.409. The maximum Gasteiger partial charge on any atom is 0.315 e. The molecule has 0 bridgehead atoms. The van der Waals surface area contributed by atoms with E-state index < -0.39 is 6.10 Å². The molecule has 2 rings (SSSR count). The first-order valence-corrected chi connectivity index (χ1v) is 7.60. The van der Waals surface area contributed by atoms with Gasteiger partial charge in [-0.3, -0.25) is 0 Å². The Hall–Kier alpha value is -0.810. The molecule has 4 atom stereocenters. The predicted molar refractivity (Wildman–Crippen MR) is 77.5 cm³/mol. The van der Waals surface area contributed by atoms with Gasteiger partial charge in [-0.15, -0.1) is 0 Å². The molecule has 0 aromatic rings. The van der Waals surface area contributed by atoms with Crippen molar-refractivity contribution in [3.63, 3.8) is 0 Å². The molecule has 5 nitrogen and oxygen atoms in total. The summed E-state index contributed by atoms with van der Waals surface area (Å²) in [5, 5.41) is 15.8. The lowest BCUT2D eigenvalue weighted by molar-refractivity contribution is -0.177. The molecule has 0 radical (unpaired) electrons. The number of rotatable bonds is 3. The second-order valence-corrected chi connectivity index (χ2v) is 6.99. The van der Waals surface area contributed by atoms with Crippen molar-refractivity contribution in [3.05, 3.63) is 0 Å². The first-order valence-electron chi connectivity index (χ1n) is 7.60. The van der Waals surface area contributed by atoms with Gasteiger partial charge in [-0.25, -0.2) is 4.79 Å². The zero-order chi connectivity index (χ0) is 15.0. The van der Waals surface area contributed by atoms with E-state index in [9.17, 15) is 9.90 Å². The third-order valence-electron chi connectivity index (χ3n) is 5.63. The standard InChI is InChI=1S/C15H28N2O3/c1-14(2)12(9-15(14,3)20-4)17-13(19)16-10-7-5-6-8-11(10)18/h10-12,18H,5-9H2,1-4H3,(H2,16,17,19). The van der Waals surface area contributed by atoms with E-state index in [4.69, 9.17) is 4.74 Å². The monoisotopic (exact) mass is 284 g/mol. The summed E-state index contributed by atoms with van der Waals surface area (Å²) in [4.78, 5) is 12.1. The second-order valence-electron chi connectivity index (χ2n) is 6.99. The number of methoxy groups -OCH3 is 1. The van der Waals surface area contributed by atoms with Crippen molar-refractivity contribution >= 4 is 6.03 Å². The zero-order valence-corrected chi connectivity index (χ0v) is 13.0. The minimum Gasteiger partial charge on any atom is -0.391 e. The number of urea groups is 1. The number of ether oxygens (including phenoxy) is 1. The summed E-state index contributed by atoms with van der Waals surface area (Å²) >= 11 is 0. The first kappa shape index (κ1) is 15.6. The lowest BCUT2D eigenvalue weighted by Gasteiger charge is -2.59. The van der Waals surface area contributed by atoms with Gasteiger partial charge in [-0.1, -0.05) is 26.7 Å². The van der Waals surface area contributed by atoms with Gasteiger partial charge < -0.3 is 20.5 Å². The number of aliphatic hydroxyl groups is 1. The molecule has 0 heterocycles. The molecule has 2 aliphatic rings. The Labute approximate surface area is 121 Å². The van der Waals surface area contributed by atoms with Crippen LogP contribution in [0.15, 0.2) is 0 Å². The Balaban J connectivity index is 1.84. The fourth-order valence-corrected chi connectivity index (χ4v) is 3.37. The van der Waals surface area contributed by atoms with E-state index in [0.29, 0.717) is 0 Å². The Morgan fingerprint density at radius 2 is 1.85 bits per heavy atom. The molecule has 20 heavy (non-hydrogen) atoms. The minimum absolute atomic E-state index is 0.0930. The Morgan fingerprint density at radius 1 is 1.20 bits per heavy atom. The average molecular weight is 284 g/mol. The first-order chi connectivity index (χ1) is 9.30. The number of nitrogens with one attached hydrogen (secondary N) is 2. The molecule has 0 spiro atoms. The number of amides is 2. The average Bonchev–Trinajstić information content (AvgIpc) is 2.40. The van der Waals surface area contributed by atoms with Crippen LogP contribution in [-0.2, 0) is 4.74 Å². The molecule has 0 aromatic carbocycles. The fraction of sp³-hybridized carbons (Fsp3) is 0.933. The van der Waals surface area contributed by atoms with Crippen molar-refractivity contribution in [2.24, 2.45) is 5.41 Å². The lowest BCUT2D eigenvalue weighted by atomic mass is 9.56. The number of hydrogen-bond acceptors (Lipinski definition) is 3. The van der Waals surface area contributed by atoms with Crippen LogP contribution in [0.4, 0.5) is 4.79 Å². The molecule has 0 aromatic heterocycles. The van der Waals surface area contributed by atoms with Crippen molar-refractivity contribution in [2.45, 2.75) is 76.7 Å². The van der Waals surface area contributed by atoms with Gasteiger partial charge >= 0.3 is 6.03 Å². The van der Waals surface area contributed by atoms with Crippen LogP contribution in [0.25, 0.3) is 0 Å². The zero-order valence-electron chi connectivity index (χ0n) is 13.0. The molecule has 2 fully saturated rings. The highest BCUT2D eigenvalue weighted by atomic mass is 16.5. The van der Waals surface area contributed by atoms with Gasteiger partial charge in [0.15, 0.2) is 0 Å². The van der Waals surface area contributed by atoms with E-state index >= 15 is 0 Å². The summed E-state index contributed by atoms with van der Waals surface area (Å²) in [6, 6.07) is -0.180. The van der Waals surface area contributed by atoms with Crippen molar-refractivity contribution in [3.8, 4) is 0 Å². The lowest BCUT2D eigenvalue weighted by Crippen LogP contribution is -2.69. The van der Waals surface area contributed by atoms with Gasteiger partial charge in [0.25, 0.3) is 0 Å². The van der Waals surface area contributed by atoms with Gasteiger partial charge in [0.2, 0.25) is 0 Å². The summed E-state index contributed by atoms with van der Waals surface area (Å²) in [7, 11) is 1.72. The second kappa shape index (κ2) is 5.53. The molecule has 0 aliphatic heterocycles. The van der Waals surface area contributed by atoms with Crippen molar-refractivity contribution in [1.82, 2.24) is 10.6 Å². The third kappa shape index (κ3) is 2.66. The maximum absolute atomic E-state index is 12.1. The van der Waals surface area contributed by atoms with Crippen LogP contribution in [0.2, 0.25) is 0 Å². The van der Waals surface area contributed by atoms with Crippen LogP contribution in [0, 0.1) is 5.41 Å². The van der Waals surface area contributed by atoms with Gasteiger partial charge in [-0.05, 0) is 26.2 Å². The molecule has 4 unspecified atom stereocenters. The highest BCUT2D eigenvalue weighted by Gasteiger charge is 2.58. The van der Waals surface area contributed by atoms with E-state index in [1.54, 1.807) is 7.11 Å². The van der Waals surface area contributed by atoms with Gasteiger partial charge in [0.05, 0.1) is 17.7 Å². The van der Waals surface area contributed by atoms with Crippen LogP contribution >= 0.6 is 0 Å². The van der Waals surface area contributed by atoms with E-state index in [1.165, 1.54) is 0 Å². The van der Waals surface area contributed by atoms with Crippen molar-refractivity contribution < 1.29 is 14.6 Å². The molecule has 116 valence electrons. The van der Waals surface area contributed by atoms with Crippen LogP contribution in [-0.4, -0.2) is 42.0 Å². The maximum atomic E-state index is 12.1. The topological polar surface area (TPSA) is 70.6 Å². The highest BCUT2D eigenvalue weighted by Crippen LogP contribution is 2.51. The van der Waals surface area contributed by atoms with E-state index in [-0.39, 0.29) is 29.1 Å². The van der Waals surface area contributed by atoms with Crippen LogP contribution in [0.3, 0.4) is 0 Å².